The molecule has 0 amide bonds. The lowest BCUT2D eigenvalue weighted by Crippen LogP contribution is -2.26. The van der Waals surface area contributed by atoms with E-state index in [1.807, 2.05) is 0 Å². The highest BCUT2D eigenvalue weighted by Gasteiger charge is 2.24. The van der Waals surface area contributed by atoms with Crippen molar-refractivity contribution >= 4 is 14.5 Å². The highest BCUT2D eigenvalue weighted by atomic mass is 31.1. The third-order valence-corrected chi connectivity index (χ3v) is 2.59. The predicted molar refractivity (Wildman–Crippen MR) is 60.3 cm³/mol. The van der Waals surface area contributed by atoms with Crippen LogP contribution in [0, 0.1) is 5.41 Å². The fourth-order valence-electron chi connectivity index (χ4n) is 1.36. The first-order chi connectivity index (χ1) is 7.63. The summed E-state index contributed by atoms with van der Waals surface area (Å²) in [5, 5.41) is 10.2. The molecule has 0 aromatic heterocycles. The molecule has 2 unspecified atom stereocenters. The molecule has 1 fully saturated rings. The van der Waals surface area contributed by atoms with Crippen molar-refractivity contribution in [3.8, 4) is 0 Å². The van der Waals surface area contributed by atoms with Crippen molar-refractivity contribution in [1.82, 2.24) is 5.32 Å². The van der Waals surface area contributed by atoms with Crippen LogP contribution < -0.4 is 11.1 Å². The largest absolute Gasteiger partial charge is 0.384 e. The van der Waals surface area contributed by atoms with Crippen LogP contribution in [-0.4, -0.2) is 24.8 Å². The lowest BCUT2D eigenvalue weighted by Gasteiger charge is -2.13. The van der Waals surface area contributed by atoms with Crippen molar-refractivity contribution < 1.29 is 13.8 Å². The fourth-order valence-corrected chi connectivity index (χ4v) is 1.59. The summed E-state index contributed by atoms with van der Waals surface area (Å²) < 4.78 is 20.4. The van der Waals surface area contributed by atoms with E-state index in [0.29, 0.717) is 12.2 Å². The van der Waals surface area contributed by atoms with Gasteiger partial charge in [0, 0.05) is 11.8 Å². The Labute approximate surface area is 96.0 Å². The van der Waals surface area contributed by atoms with Crippen LogP contribution in [0.2, 0.25) is 0 Å². The van der Waals surface area contributed by atoms with Gasteiger partial charge in [-0.15, -0.1) is 0 Å². The third kappa shape index (κ3) is 4.26. The monoisotopic (exact) mass is 245 g/mol. The summed E-state index contributed by atoms with van der Waals surface area (Å²) in [6, 6.07) is 0. The SMILES string of the molecule is C/C(=C/NC1CCC(COP=O)O1)C(=N)N. The molecule has 4 N–H and O–H groups in total. The van der Waals surface area contributed by atoms with Crippen LogP contribution in [-0.2, 0) is 13.8 Å². The molecule has 7 heteroatoms. The first-order valence-electron chi connectivity index (χ1n) is 5.00. The Morgan fingerprint density at radius 3 is 3.12 bits per heavy atom. The summed E-state index contributed by atoms with van der Waals surface area (Å²) >= 11 is 0. The molecule has 90 valence electrons. The number of rotatable bonds is 6. The van der Waals surface area contributed by atoms with Gasteiger partial charge in [-0.2, -0.15) is 0 Å². The topological polar surface area (TPSA) is 97.4 Å². The van der Waals surface area contributed by atoms with E-state index in [2.05, 4.69) is 5.32 Å². The summed E-state index contributed by atoms with van der Waals surface area (Å²) in [5.74, 6) is 0.0375. The van der Waals surface area contributed by atoms with Crippen LogP contribution in [0.4, 0.5) is 0 Å². The Morgan fingerprint density at radius 1 is 1.75 bits per heavy atom. The van der Waals surface area contributed by atoms with Gasteiger partial charge in [0.2, 0.25) is 0 Å². The number of ether oxygens (including phenoxy) is 1. The van der Waals surface area contributed by atoms with E-state index in [1.165, 1.54) is 0 Å². The molecular formula is C9H16N3O3P. The number of amidine groups is 1. The molecule has 1 rings (SSSR count). The Kier molecular flexibility index (Phi) is 5.38. The molecule has 1 heterocycles. The van der Waals surface area contributed by atoms with E-state index in [4.69, 9.17) is 20.4 Å². The minimum absolute atomic E-state index is 0.0232. The maximum atomic E-state index is 10.1. The molecule has 0 saturated carbocycles. The predicted octanol–water partition coefficient (Wildman–Crippen LogP) is 1.14. The number of hydrogen-bond donors (Lipinski definition) is 3. The molecule has 6 nitrogen and oxygen atoms in total. The second-order valence-corrected chi connectivity index (χ2v) is 4.01. The second kappa shape index (κ2) is 6.58. The zero-order chi connectivity index (χ0) is 12.0. The average molecular weight is 245 g/mol. The van der Waals surface area contributed by atoms with Gasteiger partial charge in [0.1, 0.15) is 12.1 Å². The molecule has 0 bridgehead atoms. The molecule has 0 aromatic carbocycles. The summed E-state index contributed by atoms with van der Waals surface area (Å²) in [5.41, 5.74) is 5.96. The van der Waals surface area contributed by atoms with Crippen LogP contribution in [0.15, 0.2) is 11.8 Å². The van der Waals surface area contributed by atoms with E-state index < -0.39 is 0 Å². The second-order valence-electron chi connectivity index (χ2n) is 3.60. The van der Waals surface area contributed by atoms with Gasteiger partial charge < -0.3 is 15.8 Å². The molecule has 0 aliphatic carbocycles. The van der Waals surface area contributed by atoms with Crippen LogP contribution in [0.3, 0.4) is 0 Å². The highest BCUT2D eigenvalue weighted by molar-refractivity contribution is 7.17. The quantitative estimate of drug-likeness (QED) is 0.370. The van der Waals surface area contributed by atoms with E-state index in [-0.39, 0.29) is 26.9 Å². The number of hydrogen-bond acceptors (Lipinski definition) is 5. The molecule has 2 atom stereocenters. The lowest BCUT2D eigenvalue weighted by atomic mass is 10.2. The average Bonchev–Trinajstić information content (AvgIpc) is 2.70. The van der Waals surface area contributed by atoms with Crippen LogP contribution >= 0.6 is 8.69 Å². The molecule has 0 spiro atoms. The first-order valence-corrected chi connectivity index (χ1v) is 5.73. The van der Waals surface area contributed by atoms with E-state index in [1.54, 1.807) is 13.1 Å². The standard InChI is InChI=1S/C9H16N3O3P/c1-6(9(10)11)4-12-8-3-2-7(15-8)5-14-16-13/h4,7-8,12H,2-3,5H2,1H3,(H3,10,11)/b6-4-. The van der Waals surface area contributed by atoms with Gasteiger partial charge in [-0.25, -0.2) is 4.57 Å². The van der Waals surface area contributed by atoms with E-state index >= 15 is 0 Å². The molecule has 1 aliphatic rings. The number of nitrogens with one attached hydrogen (secondary N) is 2. The minimum Gasteiger partial charge on any atom is -0.384 e. The minimum atomic E-state index is -0.316. The Morgan fingerprint density at radius 2 is 2.50 bits per heavy atom. The lowest BCUT2D eigenvalue weighted by molar-refractivity contribution is 0.0113. The highest BCUT2D eigenvalue weighted by Crippen LogP contribution is 2.19. The Bertz CT molecular complexity index is 296. The van der Waals surface area contributed by atoms with Gasteiger partial charge in [0.05, 0.1) is 12.7 Å². The normalized spacial score (nSPS) is 25.9. The third-order valence-electron chi connectivity index (χ3n) is 2.33. The van der Waals surface area contributed by atoms with Gasteiger partial charge in [0.25, 0.3) is 0 Å². The van der Waals surface area contributed by atoms with Crippen molar-refractivity contribution in [1.29, 1.82) is 5.41 Å². The maximum Gasteiger partial charge on any atom is 0.327 e. The first kappa shape index (κ1) is 13.1. The van der Waals surface area contributed by atoms with Gasteiger partial charge in [-0.05, 0) is 19.8 Å². The van der Waals surface area contributed by atoms with Gasteiger partial charge in [-0.3, -0.25) is 9.93 Å². The molecule has 1 saturated heterocycles. The van der Waals surface area contributed by atoms with Crippen molar-refractivity contribution in [2.45, 2.75) is 32.1 Å². The molecule has 16 heavy (non-hydrogen) atoms. The van der Waals surface area contributed by atoms with Gasteiger partial charge in [0.15, 0.2) is 0 Å². The maximum absolute atomic E-state index is 10.1. The Hall–Kier alpha value is -0.970. The zero-order valence-electron chi connectivity index (χ0n) is 9.10. The molecule has 1 aliphatic heterocycles. The van der Waals surface area contributed by atoms with Gasteiger partial charge >= 0.3 is 8.69 Å². The fraction of sp³-hybridized carbons (Fsp3) is 0.667. The zero-order valence-corrected chi connectivity index (χ0v) is 10.00. The summed E-state index contributed by atoms with van der Waals surface area (Å²) in [6.07, 6.45) is 3.27. The Balaban J connectivity index is 2.28. The summed E-state index contributed by atoms with van der Waals surface area (Å²) in [7, 11) is -0.316. The molecule has 0 aromatic rings. The van der Waals surface area contributed by atoms with Crippen molar-refractivity contribution in [3.05, 3.63) is 11.8 Å². The van der Waals surface area contributed by atoms with Crippen LogP contribution in [0.25, 0.3) is 0 Å². The van der Waals surface area contributed by atoms with Crippen LogP contribution in [0.5, 0.6) is 0 Å². The summed E-state index contributed by atoms with van der Waals surface area (Å²) in [4.78, 5) is 0. The summed E-state index contributed by atoms with van der Waals surface area (Å²) in [6.45, 7) is 2.08. The van der Waals surface area contributed by atoms with E-state index in [9.17, 15) is 4.57 Å². The van der Waals surface area contributed by atoms with Crippen molar-refractivity contribution in [2.24, 2.45) is 5.73 Å². The molecule has 0 radical (unpaired) electrons. The van der Waals surface area contributed by atoms with Crippen molar-refractivity contribution in [3.63, 3.8) is 0 Å². The van der Waals surface area contributed by atoms with Crippen molar-refractivity contribution in [2.75, 3.05) is 6.61 Å². The van der Waals surface area contributed by atoms with E-state index in [0.717, 1.165) is 12.8 Å². The van der Waals surface area contributed by atoms with Gasteiger partial charge in [-0.1, -0.05) is 0 Å². The van der Waals surface area contributed by atoms with Crippen LogP contribution in [0.1, 0.15) is 19.8 Å². The molecular weight excluding hydrogens is 229 g/mol. The smallest absolute Gasteiger partial charge is 0.327 e. The number of nitrogens with two attached hydrogens (primary N) is 1.